The fourth-order valence-electron chi connectivity index (χ4n) is 0.687. The van der Waals surface area contributed by atoms with E-state index in [2.05, 4.69) is 9.47 Å². The lowest BCUT2D eigenvalue weighted by Crippen LogP contribution is -2.35. The molecule has 0 aromatic rings. The highest BCUT2D eigenvalue weighted by atomic mass is 16.7. The van der Waals surface area contributed by atoms with Gasteiger partial charge in [-0.15, -0.1) is 5.01 Å². The van der Waals surface area contributed by atoms with Crippen LogP contribution in [0.3, 0.4) is 0 Å². The maximum atomic E-state index is 10.3. The lowest BCUT2D eigenvalue weighted by molar-refractivity contribution is -0.656. The second-order valence-corrected chi connectivity index (χ2v) is 2.13. The van der Waals surface area contributed by atoms with Gasteiger partial charge in [0.2, 0.25) is 0 Å². The van der Waals surface area contributed by atoms with E-state index < -0.39 is 5.03 Å². The Bertz CT molecular complexity index is 183. The summed E-state index contributed by atoms with van der Waals surface area (Å²) in [5.74, 6) is 0. The van der Waals surface area contributed by atoms with Crippen LogP contribution in [0.15, 0.2) is 0 Å². The molecule has 0 aliphatic rings. The third-order valence-electron chi connectivity index (χ3n) is 1.30. The summed E-state index contributed by atoms with van der Waals surface area (Å²) in [5.41, 5.74) is 0. The summed E-state index contributed by atoms with van der Waals surface area (Å²) in [7, 11) is 0. The Kier molecular flexibility index (Phi) is 6.74. The number of hydrogen-bond acceptors (Lipinski definition) is 6. The minimum atomic E-state index is -0.650. The first-order valence-electron chi connectivity index (χ1n) is 3.72. The predicted molar refractivity (Wildman–Crippen MR) is 42.6 cm³/mol. The van der Waals surface area contributed by atoms with Gasteiger partial charge in [0.1, 0.15) is 26.3 Å². The number of nitrogens with zero attached hydrogens (tertiary/aromatic N) is 2. The fourth-order valence-corrected chi connectivity index (χ4v) is 0.687. The van der Waals surface area contributed by atoms with E-state index in [0.717, 1.165) is 5.01 Å². The van der Waals surface area contributed by atoms with Crippen molar-refractivity contribution in [1.29, 1.82) is 0 Å². The molecule has 0 aromatic carbocycles. The number of nitro groups is 1. The Hall–Kier alpha value is -1.86. The highest BCUT2D eigenvalue weighted by Crippen LogP contribution is 1.88. The van der Waals surface area contributed by atoms with Gasteiger partial charge in [-0.05, 0) is 0 Å². The van der Waals surface area contributed by atoms with Gasteiger partial charge in [0, 0.05) is 0 Å². The van der Waals surface area contributed by atoms with Gasteiger partial charge in [0.25, 0.3) is 12.9 Å². The van der Waals surface area contributed by atoms with Gasteiger partial charge in [0.15, 0.2) is 5.03 Å². The van der Waals surface area contributed by atoms with E-state index in [4.69, 9.17) is 0 Å². The van der Waals surface area contributed by atoms with Gasteiger partial charge < -0.3 is 9.47 Å². The van der Waals surface area contributed by atoms with Crippen LogP contribution in [-0.4, -0.2) is 49.3 Å². The summed E-state index contributed by atoms with van der Waals surface area (Å²) >= 11 is 0. The van der Waals surface area contributed by atoms with Crippen molar-refractivity contribution in [2.45, 2.75) is 0 Å². The highest BCUT2D eigenvalue weighted by Gasteiger charge is 2.13. The minimum absolute atomic E-state index is 0.0477. The second kappa shape index (κ2) is 7.77. The lowest BCUT2D eigenvalue weighted by atomic mass is 10.6. The zero-order valence-corrected chi connectivity index (χ0v) is 7.33. The van der Waals surface area contributed by atoms with Crippen molar-refractivity contribution >= 4 is 12.9 Å². The van der Waals surface area contributed by atoms with E-state index in [1.165, 1.54) is 0 Å². The molecule has 0 bridgehead atoms. The zero-order valence-electron chi connectivity index (χ0n) is 7.33. The number of hydrogen-bond donors (Lipinski definition) is 0. The predicted octanol–water partition coefficient (Wildman–Crippen LogP) is -1.17. The van der Waals surface area contributed by atoms with Crippen LogP contribution in [0.1, 0.15) is 0 Å². The first-order valence-corrected chi connectivity index (χ1v) is 3.72. The second-order valence-electron chi connectivity index (χ2n) is 2.13. The van der Waals surface area contributed by atoms with Crippen LogP contribution in [0.25, 0.3) is 0 Å². The van der Waals surface area contributed by atoms with E-state index in [9.17, 15) is 19.7 Å². The molecule has 0 fully saturated rings. The molecule has 0 N–H and O–H groups in total. The monoisotopic (exact) mass is 206 g/mol. The SMILES string of the molecule is O=COCCN(CCOC=O)[N+](=O)[O-]. The molecule has 14 heavy (non-hydrogen) atoms. The smallest absolute Gasteiger partial charge is 0.293 e. The Morgan fingerprint density at radius 2 is 1.57 bits per heavy atom. The third kappa shape index (κ3) is 5.75. The summed E-state index contributed by atoms with van der Waals surface area (Å²) < 4.78 is 8.57. The largest absolute Gasteiger partial charge is 0.466 e. The van der Waals surface area contributed by atoms with Crippen LogP contribution in [-0.2, 0) is 19.1 Å². The minimum Gasteiger partial charge on any atom is -0.466 e. The molecule has 8 nitrogen and oxygen atoms in total. The molecule has 0 saturated heterocycles. The van der Waals surface area contributed by atoms with Crippen molar-refractivity contribution < 1.29 is 24.1 Å². The van der Waals surface area contributed by atoms with Crippen LogP contribution < -0.4 is 0 Å². The summed E-state index contributed by atoms with van der Waals surface area (Å²) in [6.07, 6.45) is 0. The molecule has 0 rings (SSSR count). The van der Waals surface area contributed by atoms with Gasteiger partial charge in [-0.25, -0.2) is 10.1 Å². The fraction of sp³-hybridized carbons (Fsp3) is 0.667. The Morgan fingerprint density at radius 1 is 1.14 bits per heavy atom. The van der Waals surface area contributed by atoms with Crippen LogP contribution in [0, 0.1) is 10.1 Å². The molecular formula is C6H10N2O6. The average Bonchev–Trinajstić information content (AvgIpc) is 2.15. The molecule has 0 aliphatic heterocycles. The maximum absolute atomic E-state index is 10.3. The number of hydrazine groups is 1. The molecule has 8 heteroatoms. The summed E-state index contributed by atoms with van der Waals surface area (Å²) in [6.45, 7) is 0.166. The summed E-state index contributed by atoms with van der Waals surface area (Å²) in [6, 6.07) is 0. The Balaban J connectivity index is 3.71. The van der Waals surface area contributed by atoms with Gasteiger partial charge in [-0.3, -0.25) is 9.59 Å². The molecular weight excluding hydrogens is 196 g/mol. The molecule has 0 spiro atoms. The van der Waals surface area contributed by atoms with Crippen molar-refractivity contribution in [1.82, 2.24) is 5.01 Å². The average molecular weight is 206 g/mol. The lowest BCUT2D eigenvalue weighted by Gasteiger charge is -2.12. The standard InChI is InChI=1S/C6H10N2O6/c9-5-13-3-1-7(8(11)12)2-4-14-6-10/h5-6H,1-4H2. The molecule has 0 aromatic heterocycles. The first-order chi connectivity index (χ1) is 6.72. The topological polar surface area (TPSA) is 99.0 Å². The molecule has 0 amide bonds. The zero-order chi connectivity index (χ0) is 10.8. The first kappa shape index (κ1) is 12.1. The molecule has 0 heterocycles. The van der Waals surface area contributed by atoms with E-state index in [-0.39, 0.29) is 39.2 Å². The third-order valence-corrected chi connectivity index (χ3v) is 1.30. The van der Waals surface area contributed by atoms with Crippen molar-refractivity contribution in [3.05, 3.63) is 10.1 Å². The number of rotatable bonds is 9. The molecule has 80 valence electrons. The van der Waals surface area contributed by atoms with Gasteiger partial charge >= 0.3 is 0 Å². The van der Waals surface area contributed by atoms with Crippen LogP contribution >= 0.6 is 0 Å². The molecule has 0 atom stereocenters. The summed E-state index contributed by atoms with van der Waals surface area (Å²) in [5, 5.41) is 10.5. The Morgan fingerprint density at radius 3 is 1.86 bits per heavy atom. The van der Waals surface area contributed by atoms with Crippen molar-refractivity contribution in [3.8, 4) is 0 Å². The van der Waals surface area contributed by atoms with E-state index in [0.29, 0.717) is 0 Å². The highest BCUT2D eigenvalue weighted by molar-refractivity contribution is 5.37. The van der Waals surface area contributed by atoms with E-state index >= 15 is 0 Å². The van der Waals surface area contributed by atoms with Crippen molar-refractivity contribution in [3.63, 3.8) is 0 Å². The number of ether oxygens (including phenoxy) is 2. The van der Waals surface area contributed by atoms with Crippen LogP contribution in [0.5, 0.6) is 0 Å². The van der Waals surface area contributed by atoms with E-state index in [1.807, 2.05) is 0 Å². The number of carbonyl (C=O) groups is 2. The van der Waals surface area contributed by atoms with Gasteiger partial charge in [-0.2, -0.15) is 0 Å². The normalized spacial score (nSPS) is 8.86. The maximum Gasteiger partial charge on any atom is 0.293 e. The number of carbonyl (C=O) groups excluding carboxylic acids is 2. The van der Waals surface area contributed by atoms with Crippen molar-refractivity contribution in [2.75, 3.05) is 26.3 Å². The quantitative estimate of drug-likeness (QED) is 0.203. The van der Waals surface area contributed by atoms with Gasteiger partial charge in [-0.1, -0.05) is 0 Å². The van der Waals surface area contributed by atoms with Crippen molar-refractivity contribution in [2.24, 2.45) is 0 Å². The molecule has 0 radical (unpaired) electrons. The van der Waals surface area contributed by atoms with Gasteiger partial charge in [0.05, 0.1) is 0 Å². The van der Waals surface area contributed by atoms with Crippen LogP contribution in [0.2, 0.25) is 0 Å². The molecule has 0 aliphatic carbocycles. The molecule has 0 saturated carbocycles. The van der Waals surface area contributed by atoms with E-state index in [1.54, 1.807) is 0 Å². The van der Waals surface area contributed by atoms with Crippen LogP contribution in [0.4, 0.5) is 0 Å². The Labute approximate surface area is 79.5 Å². The molecule has 0 unspecified atom stereocenters. The summed E-state index contributed by atoms with van der Waals surface area (Å²) in [4.78, 5) is 29.8.